The molecule has 0 bridgehead atoms. The summed E-state index contributed by atoms with van der Waals surface area (Å²) in [5.41, 5.74) is 1.17. The number of rotatable bonds is 7. The first-order valence-electron chi connectivity index (χ1n) is 6.03. The summed E-state index contributed by atoms with van der Waals surface area (Å²) in [4.78, 5) is 4.55. The lowest BCUT2D eigenvalue weighted by Gasteiger charge is -2.08. The van der Waals surface area contributed by atoms with Crippen molar-refractivity contribution in [1.82, 2.24) is 4.98 Å². The van der Waals surface area contributed by atoms with E-state index in [4.69, 9.17) is 0 Å². The minimum Gasteiger partial charge on any atom is -0.370 e. The fraction of sp³-hybridized carbons (Fsp3) is 0.615. The van der Waals surface area contributed by atoms with Crippen molar-refractivity contribution in [2.75, 3.05) is 17.6 Å². The summed E-state index contributed by atoms with van der Waals surface area (Å²) in [5, 5.41) is 3.24. The molecule has 0 fully saturated rings. The van der Waals surface area contributed by atoms with Crippen molar-refractivity contribution in [3.8, 4) is 0 Å². The number of hydrogen-bond donors (Lipinski definition) is 1. The van der Waals surface area contributed by atoms with Gasteiger partial charge in [0.05, 0.1) is 5.69 Å². The van der Waals surface area contributed by atoms with Crippen LogP contribution >= 0.6 is 11.8 Å². The molecule has 0 saturated heterocycles. The summed E-state index contributed by atoms with van der Waals surface area (Å²) in [5.74, 6) is 4.04. The maximum absolute atomic E-state index is 4.55. The highest BCUT2D eigenvalue weighted by Gasteiger charge is 2.01. The van der Waals surface area contributed by atoms with Crippen LogP contribution in [0.2, 0.25) is 0 Å². The summed E-state index contributed by atoms with van der Waals surface area (Å²) >= 11 is 1.98. The monoisotopic (exact) mass is 238 g/mol. The standard InChI is InChI=1S/C13H22N2S/c1-4-11(3)9-16-10-12-7-6-8-13(15-12)14-5-2/h6-8,11H,4-5,9-10H2,1-3H3,(H,14,15). The summed E-state index contributed by atoms with van der Waals surface area (Å²) < 4.78 is 0. The number of nitrogens with one attached hydrogen (secondary N) is 1. The van der Waals surface area contributed by atoms with Gasteiger partial charge >= 0.3 is 0 Å². The number of pyridine rings is 1. The molecule has 0 aromatic carbocycles. The van der Waals surface area contributed by atoms with Gasteiger partial charge < -0.3 is 5.32 Å². The first-order chi connectivity index (χ1) is 7.76. The maximum Gasteiger partial charge on any atom is 0.126 e. The predicted molar refractivity (Wildman–Crippen MR) is 74.0 cm³/mol. The molecule has 0 spiro atoms. The minimum absolute atomic E-state index is 0.807. The van der Waals surface area contributed by atoms with Gasteiger partial charge in [0, 0.05) is 12.3 Å². The molecule has 16 heavy (non-hydrogen) atoms. The van der Waals surface area contributed by atoms with Gasteiger partial charge in [-0.25, -0.2) is 4.98 Å². The molecule has 0 aliphatic carbocycles. The smallest absolute Gasteiger partial charge is 0.126 e. The third-order valence-corrected chi connectivity index (χ3v) is 3.82. The van der Waals surface area contributed by atoms with Crippen molar-refractivity contribution in [2.24, 2.45) is 5.92 Å². The van der Waals surface area contributed by atoms with Crippen molar-refractivity contribution in [3.05, 3.63) is 23.9 Å². The number of anilines is 1. The fourth-order valence-corrected chi connectivity index (χ4v) is 2.45. The minimum atomic E-state index is 0.807. The highest BCUT2D eigenvalue weighted by atomic mass is 32.2. The zero-order valence-corrected chi connectivity index (χ0v) is 11.3. The SMILES string of the molecule is CCNc1cccc(CSCC(C)CC)n1. The van der Waals surface area contributed by atoms with E-state index in [-0.39, 0.29) is 0 Å². The Hall–Kier alpha value is -0.700. The second-order valence-corrected chi connectivity index (χ2v) is 5.10. The van der Waals surface area contributed by atoms with E-state index in [9.17, 15) is 0 Å². The Morgan fingerprint density at radius 3 is 2.88 bits per heavy atom. The van der Waals surface area contributed by atoms with E-state index in [1.54, 1.807) is 0 Å². The van der Waals surface area contributed by atoms with Crippen LogP contribution in [-0.2, 0) is 5.75 Å². The first-order valence-corrected chi connectivity index (χ1v) is 7.19. The molecule has 0 aliphatic heterocycles. The lowest BCUT2D eigenvalue weighted by Crippen LogP contribution is -2.01. The quantitative estimate of drug-likeness (QED) is 0.782. The van der Waals surface area contributed by atoms with Crippen LogP contribution in [0.25, 0.3) is 0 Å². The van der Waals surface area contributed by atoms with Crippen LogP contribution < -0.4 is 5.32 Å². The van der Waals surface area contributed by atoms with Crippen LogP contribution in [0.1, 0.15) is 32.9 Å². The first kappa shape index (κ1) is 13.4. The highest BCUT2D eigenvalue weighted by Crippen LogP contribution is 2.16. The molecule has 1 N–H and O–H groups in total. The van der Waals surface area contributed by atoms with Crippen LogP contribution in [0, 0.1) is 5.92 Å². The van der Waals surface area contributed by atoms with Gasteiger partial charge in [-0.15, -0.1) is 0 Å². The lowest BCUT2D eigenvalue weighted by atomic mass is 10.2. The molecular weight excluding hydrogens is 216 g/mol. The van der Waals surface area contributed by atoms with Crippen LogP contribution in [0.5, 0.6) is 0 Å². The Bertz CT molecular complexity index is 302. The zero-order chi connectivity index (χ0) is 11.8. The lowest BCUT2D eigenvalue weighted by molar-refractivity contribution is 0.637. The third-order valence-electron chi connectivity index (χ3n) is 2.51. The molecule has 1 aromatic heterocycles. The van der Waals surface area contributed by atoms with Crippen molar-refractivity contribution >= 4 is 17.6 Å². The van der Waals surface area contributed by atoms with Gasteiger partial charge in [-0.05, 0) is 30.7 Å². The van der Waals surface area contributed by atoms with E-state index in [0.29, 0.717) is 0 Å². The second-order valence-electron chi connectivity index (χ2n) is 4.07. The summed E-state index contributed by atoms with van der Waals surface area (Å²) in [7, 11) is 0. The molecular formula is C13H22N2S. The van der Waals surface area contributed by atoms with Crippen LogP contribution in [-0.4, -0.2) is 17.3 Å². The molecule has 0 saturated carbocycles. The van der Waals surface area contributed by atoms with E-state index < -0.39 is 0 Å². The average Bonchev–Trinajstić information content (AvgIpc) is 2.30. The van der Waals surface area contributed by atoms with Gasteiger partial charge in [0.1, 0.15) is 5.82 Å². The van der Waals surface area contributed by atoms with Gasteiger partial charge in [-0.3, -0.25) is 0 Å². The second kappa shape index (κ2) is 7.55. The average molecular weight is 238 g/mol. The Balaban J connectivity index is 2.38. The van der Waals surface area contributed by atoms with Crippen molar-refractivity contribution in [2.45, 2.75) is 32.9 Å². The molecule has 1 unspecified atom stereocenters. The van der Waals surface area contributed by atoms with Crippen LogP contribution in [0.3, 0.4) is 0 Å². The van der Waals surface area contributed by atoms with Gasteiger partial charge in [0.25, 0.3) is 0 Å². The Morgan fingerprint density at radius 2 is 2.19 bits per heavy atom. The Labute approximate surface area is 103 Å². The van der Waals surface area contributed by atoms with Crippen molar-refractivity contribution < 1.29 is 0 Å². The molecule has 0 radical (unpaired) electrons. The molecule has 1 aromatic rings. The molecule has 1 rings (SSSR count). The largest absolute Gasteiger partial charge is 0.370 e. The van der Waals surface area contributed by atoms with Gasteiger partial charge in [0.15, 0.2) is 0 Å². The summed E-state index contributed by atoms with van der Waals surface area (Å²) in [6.07, 6.45) is 1.26. The number of aromatic nitrogens is 1. The van der Waals surface area contributed by atoms with E-state index in [0.717, 1.165) is 24.0 Å². The molecule has 1 heterocycles. The normalized spacial score (nSPS) is 12.4. The Kier molecular flexibility index (Phi) is 6.31. The molecule has 3 heteroatoms. The van der Waals surface area contributed by atoms with E-state index in [1.807, 2.05) is 17.8 Å². The molecule has 0 amide bonds. The number of nitrogens with zero attached hydrogens (tertiary/aromatic N) is 1. The predicted octanol–water partition coefficient (Wildman–Crippen LogP) is 3.79. The van der Waals surface area contributed by atoms with Crippen molar-refractivity contribution in [1.29, 1.82) is 0 Å². The van der Waals surface area contributed by atoms with E-state index in [2.05, 4.69) is 43.2 Å². The van der Waals surface area contributed by atoms with Gasteiger partial charge in [-0.2, -0.15) is 11.8 Å². The van der Waals surface area contributed by atoms with E-state index in [1.165, 1.54) is 17.9 Å². The highest BCUT2D eigenvalue weighted by molar-refractivity contribution is 7.98. The molecule has 2 nitrogen and oxygen atoms in total. The van der Waals surface area contributed by atoms with Crippen LogP contribution in [0.15, 0.2) is 18.2 Å². The third kappa shape index (κ3) is 4.88. The van der Waals surface area contributed by atoms with Gasteiger partial charge in [-0.1, -0.05) is 26.3 Å². The molecule has 0 aliphatic rings. The maximum atomic E-state index is 4.55. The molecule has 90 valence electrons. The van der Waals surface area contributed by atoms with Crippen LogP contribution in [0.4, 0.5) is 5.82 Å². The summed E-state index contributed by atoms with van der Waals surface area (Å²) in [6.45, 7) is 7.56. The Morgan fingerprint density at radius 1 is 1.38 bits per heavy atom. The van der Waals surface area contributed by atoms with E-state index >= 15 is 0 Å². The number of thioether (sulfide) groups is 1. The van der Waals surface area contributed by atoms with Crippen molar-refractivity contribution in [3.63, 3.8) is 0 Å². The topological polar surface area (TPSA) is 24.9 Å². The zero-order valence-electron chi connectivity index (χ0n) is 10.5. The fourth-order valence-electron chi connectivity index (χ4n) is 1.32. The van der Waals surface area contributed by atoms with Gasteiger partial charge in [0.2, 0.25) is 0 Å². The summed E-state index contributed by atoms with van der Waals surface area (Å²) in [6, 6.07) is 6.20. The molecule has 1 atom stereocenters. The number of hydrogen-bond acceptors (Lipinski definition) is 3.